The number of hydrogen-bond acceptors (Lipinski definition) is 2. The summed E-state index contributed by atoms with van der Waals surface area (Å²) in [5.41, 5.74) is 0. The summed E-state index contributed by atoms with van der Waals surface area (Å²) in [6.07, 6.45) is -4.53. The van der Waals surface area contributed by atoms with Gasteiger partial charge >= 0.3 is 12.1 Å². The van der Waals surface area contributed by atoms with E-state index in [-0.39, 0.29) is 25.5 Å². The van der Waals surface area contributed by atoms with Crippen molar-refractivity contribution in [3.63, 3.8) is 0 Å². The van der Waals surface area contributed by atoms with Crippen molar-refractivity contribution in [1.29, 1.82) is 0 Å². The van der Waals surface area contributed by atoms with Gasteiger partial charge in [-0.3, -0.25) is 9.69 Å². The minimum Gasteiger partial charge on any atom is -0.480 e. The fourth-order valence-electron chi connectivity index (χ4n) is 1.06. The minimum absolute atomic E-state index is 0. The van der Waals surface area contributed by atoms with Crippen LogP contribution >= 0.6 is 12.4 Å². The molecule has 0 saturated carbocycles. The van der Waals surface area contributed by atoms with E-state index < -0.39 is 18.6 Å². The van der Waals surface area contributed by atoms with Gasteiger partial charge in [-0.05, 0) is 13.0 Å². The van der Waals surface area contributed by atoms with E-state index in [1.807, 2.05) is 0 Å². The number of aliphatic carboxylic acids is 1. The molecular formula is C8H15ClF3NO2. The van der Waals surface area contributed by atoms with Crippen LogP contribution in [0.25, 0.3) is 0 Å². The van der Waals surface area contributed by atoms with Gasteiger partial charge < -0.3 is 5.11 Å². The van der Waals surface area contributed by atoms with Crippen molar-refractivity contribution >= 4 is 18.4 Å². The summed E-state index contributed by atoms with van der Waals surface area (Å²) >= 11 is 0. The van der Waals surface area contributed by atoms with E-state index in [4.69, 9.17) is 5.11 Å². The third-order valence-corrected chi connectivity index (χ3v) is 1.61. The number of nitrogens with zero attached hydrogens (tertiary/aromatic N) is 1. The lowest BCUT2D eigenvalue weighted by molar-refractivity contribution is -0.145. The van der Waals surface area contributed by atoms with Crippen LogP contribution in [-0.2, 0) is 4.79 Å². The summed E-state index contributed by atoms with van der Waals surface area (Å²) in [6, 6.07) is 0. The van der Waals surface area contributed by atoms with Crippen LogP contribution in [0.15, 0.2) is 0 Å². The highest BCUT2D eigenvalue weighted by molar-refractivity contribution is 5.85. The number of halogens is 4. The summed E-state index contributed by atoms with van der Waals surface area (Å²) in [5.74, 6) is -1.10. The van der Waals surface area contributed by atoms with Crippen LogP contribution in [0, 0.1) is 0 Å². The van der Waals surface area contributed by atoms with Gasteiger partial charge in [0.2, 0.25) is 0 Å². The van der Waals surface area contributed by atoms with Gasteiger partial charge in [-0.25, -0.2) is 0 Å². The number of alkyl halides is 3. The second-order valence-corrected chi connectivity index (χ2v) is 3.04. The van der Waals surface area contributed by atoms with Crippen LogP contribution in [0.3, 0.4) is 0 Å². The van der Waals surface area contributed by atoms with Crippen molar-refractivity contribution in [2.24, 2.45) is 0 Å². The van der Waals surface area contributed by atoms with Crippen molar-refractivity contribution in [2.75, 3.05) is 19.6 Å². The third kappa shape index (κ3) is 11.4. The smallest absolute Gasteiger partial charge is 0.390 e. The van der Waals surface area contributed by atoms with Gasteiger partial charge in [0.05, 0.1) is 13.0 Å². The van der Waals surface area contributed by atoms with Gasteiger partial charge in [0.1, 0.15) is 0 Å². The molecule has 0 aliphatic rings. The predicted octanol–water partition coefficient (Wildman–Crippen LogP) is 2.16. The van der Waals surface area contributed by atoms with Crippen LogP contribution in [0.1, 0.15) is 19.8 Å². The molecule has 0 heterocycles. The zero-order valence-corrected chi connectivity index (χ0v) is 9.20. The molecule has 1 N–H and O–H groups in total. The van der Waals surface area contributed by atoms with Crippen LogP contribution in [0.4, 0.5) is 13.2 Å². The lowest BCUT2D eigenvalue weighted by Crippen LogP contribution is -2.33. The summed E-state index contributed by atoms with van der Waals surface area (Å²) in [4.78, 5) is 11.6. The maximum absolute atomic E-state index is 11.8. The number of carboxylic acids is 1. The van der Waals surface area contributed by atoms with E-state index in [9.17, 15) is 18.0 Å². The van der Waals surface area contributed by atoms with E-state index >= 15 is 0 Å². The molecule has 0 rings (SSSR count). The second kappa shape index (κ2) is 7.76. The molecule has 0 spiro atoms. The van der Waals surface area contributed by atoms with Crippen LogP contribution in [0.5, 0.6) is 0 Å². The fourth-order valence-corrected chi connectivity index (χ4v) is 1.06. The SMILES string of the molecule is CCCN(CCC(F)(F)F)CC(=O)O.Cl. The van der Waals surface area contributed by atoms with Crippen molar-refractivity contribution in [3.05, 3.63) is 0 Å². The highest BCUT2D eigenvalue weighted by atomic mass is 35.5. The van der Waals surface area contributed by atoms with E-state index in [1.165, 1.54) is 4.90 Å². The Kier molecular flexibility index (Phi) is 8.75. The molecule has 7 heteroatoms. The normalized spacial score (nSPS) is 11.3. The quantitative estimate of drug-likeness (QED) is 0.784. The molecule has 15 heavy (non-hydrogen) atoms. The maximum atomic E-state index is 11.8. The minimum atomic E-state index is -4.22. The first-order valence-electron chi connectivity index (χ1n) is 4.36. The fraction of sp³-hybridized carbons (Fsp3) is 0.875. The standard InChI is InChI=1S/C8H14F3NO2.ClH/c1-2-4-12(6-7(13)14)5-3-8(9,10)11;/h2-6H2,1H3,(H,13,14);1H. The molecule has 0 radical (unpaired) electrons. The van der Waals surface area contributed by atoms with E-state index in [0.717, 1.165) is 0 Å². The van der Waals surface area contributed by atoms with Gasteiger partial charge in [-0.15, -0.1) is 12.4 Å². The second-order valence-electron chi connectivity index (χ2n) is 3.04. The number of rotatable bonds is 6. The van der Waals surface area contributed by atoms with Crippen molar-refractivity contribution in [2.45, 2.75) is 25.9 Å². The number of carboxylic acid groups (broad SMARTS) is 1. The van der Waals surface area contributed by atoms with Gasteiger partial charge in [-0.2, -0.15) is 13.2 Å². The molecule has 0 saturated heterocycles. The molecule has 3 nitrogen and oxygen atoms in total. The highest BCUT2D eigenvalue weighted by Gasteiger charge is 2.27. The average molecular weight is 250 g/mol. The Morgan fingerprint density at radius 3 is 2.20 bits per heavy atom. The summed E-state index contributed by atoms with van der Waals surface area (Å²) < 4.78 is 35.5. The molecule has 0 bridgehead atoms. The molecule has 0 aromatic heterocycles. The van der Waals surface area contributed by atoms with E-state index in [0.29, 0.717) is 13.0 Å². The zero-order chi connectivity index (χ0) is 11.2. The Morgan fingerprint density at radius 2 is 1.87 bits per heavy atom. The highest BCUT2D eigenvalue weighted by Crippen LogP contribution is 2.19. The number of hydrogen-bond donors (Lipinski definition) is 1. The Labute approximate surface area is 92.7 Å². The van der Waals surface area contributed by atoms with Gasteiger partial charge in [0, 0.05) is 6.54 Å². The first-order chi connectivity index (χ1) is 6.35. The van der Waals surface area contributed by atoms with Crippen molar-refractivity contribution in [3.8, 4) is 0 Å². The molecule has 0 aliphatic carbocycles. The Morgan fingerprint density at radius 1 is 1.33 bits per heavy atom. The number of carbonyl (C=O) groups is 1. The topological polar surface area (TPSA) is 40.5 Å². The molecular weight excluding hydrogens is 235 g/mol. The van der Waals surface area contributed by atoms with E-state index in [2.05, 4.69) is 0 Å². The molecule has 92 valence electrons. The first-order valence-corrected chi connectivity index (χ1v) is 4.36. The summed E-state index contributed by atoms with van der Waals surface area (Å²) in [5, 5.41) is 8.42. The molecule has 0 fully saturated rings. The van der Waals surface area contributed by atoms with Crippen molar-refractivity contribution < 1.29 is 23.1 Å². The maximum Gasteiger partial charge on any atom is 0.390 e. The Bertz CT molecular complexity index is 187. The van der Waals surface area contributed by atoms with Crippen molar-refractivity contribution in [1.82, 2.24) is 4.90 Å². The summed E-state index contributed by atoms with van der Waals surface area (Å²) in [7, 11) is 0. The molecule has 0 aliphatic heterocycles. The monoisotopic (exact) mass is 249 g/mol. The zero-order valence-electron chi connectivity index (χ0n) is 8.38. The van der Waals surface area contributed by atoms with Gasteiger partial charge in [0.25, 0.3) is 0 Å². The molecule has 0 atom stereocenters. The first kappa shape index (κ1) is 16.9. The predicted molar refractivity (Wildman–Crippen MR) is 52.3 cm³/mol. The van der Waals surface area contributed by atoms with Crippen LogP contribution in [0.2, 0.25) is 0 Å². The van der Waals surface area contributed by atoms with Gasteiger partial charge in [-0.1, -0.05) is 6.92 Å². The van der Waals surface area contributed by atoms with Gasteiger partial charge in [0.15, 0.2) is 0 Å². The van der Waals surface area contributed by atoms with Crippen LogP contribution in [-0.4, -0.2) is 41.8 Å². The Hall–Kier alpha value is -0.490. The van der Waals surface area contributed by atoms with Crippen LogP contribution < -0.4 is 0 Å². The lowest BCUT2D eigenvalue weighted by atomic mass is 10.3. The largest absolute Gasteiger partial charge is 0.480 e. The lowest BCUT2D eigenvalue weighted by Gasteiger charge is -2.19. The average Bonchev–Trinajstić information content (AvgIpc) is 1.98. The summed E-state index contributed by atoms with van der Waals surface area (Å²) in [6.45, 7) is 1.60. The molecule has 0 amide bonds. The van der Waals surface area contributed by atoms with E-state index in [1.54, 1.807) is 6.92 Å². The Balaban J connectivity index is 0. The molecule has 0 aromatic carbocycles. The molecule has 0 unspecified atom stereocenters. The molecule has 0 aromatic rings. The third-order valence-electron chi connectivity index (χ3n) is 1.61.